The van der Waals surface area contributed by atoms with Gasteiger partial charge in [-0.1, -0.05) is 11.6 Å². The van der Waals surface area contributed by atoms with Crippen molar-refractivity contribution in [3.05, 3.63) is 63.9 Å². The third-order valence-electron chi connectivity index (χ3n) is 4.74. The molecule has 1 fully saturated rings. The van der Waals surface area contributed by atoms with Crippen molar-refractivity contribution in [2.45, 2.75) is 13.8 Å². The topological polar surface area (TPSA) is 49.9 Å². The van der Waals surface area contributed by atoms with Gasteiger partial charge in [0.1, 0.15) is 11.6 Å². The van der Waals surface area contributed by atoms with E-state index in [1.54, 1.807) is 21.9 Å². The number of aryl methyl sites for hydroxylation is 1. The van der Waals surface area contributed by atoms with E-state index in [0.29, 0.717) is 38.3 Å². The van der Waals surface area contributed by atoms with Gasteiger partial charge in [-0.2, -0.15) is 0 Å². The van der Waals surface area contributed by atoms with Gasteiger partial charge in [-0.15, -0.1) is 0 Å². The van der Waals surface area contributed by atoms with Gasteiger partial charge in [0, 0.05) is 36.8 Å². The Labute approximate surface area is 168 Å². The van der Waals surface area contributed by atoms with Crippen LogP contribution in [0, 0.1) is 12.7 Å². The second-order valence-electron chi connectivity index (χ2n) is 6.62. The van der Waals surface area contributed by atoms with Crippen LogP contribution in [0.15, 0.2) is 36.4 Å². The first-order valence-corrected chi connectivity index (χ1v) is 9.55. The van der Waals surface area contributed by atoms with Crippen LogP contribution >= 0.6 is 11.6 Å². The van der Waals surface area contributed by atoms with Gasteiger partial charge in [0.05, 0.1) is 12.2 Å². The van der Waals surface area contributed by atoms with Crippen molar-refractivity contribution < 1.29 is 18.7 Å². The zero-order valence-electron chi connectivity index (χ0n) is 15.9. The molecule has 0 radical (unpaired) electrons. The summed E-state index contributed by atoms with van der Waals surface area (Å²) in [4.78, 5) is 28.6. The quantitative estimate of drug-likeness (QED) is 0.779. The number of halogens is 2. The minimum Gasteiger partial charge on any atom is -0.494 e. The molecule has 0 atom stereocenters. The zero-order chi connectivity index (χ0) is 20.3. The Kier molecular flexibility index (Phi) is 6.19. The summed E-state index contributed by atoms with van der Waals surface area (Å²) in [6.07, 6.45) is 0. The smallest absolute Gasteiger partial charge is 0.256 e. The fourth-order valence-corrected chi connectivity index (χ4v) is 3.39. The van der Waals surface area contributed by atoms with E-state index in [1.165, 1.54) is 12.1 Å². The first kappa shape index (κ1) is 20.1. The second-order valence-corrected chi connectivity index (χ2v) is 7.06. The van der Waals surface area contributed by atoms with Crippen LogP contribution in [-0.2, 0) is 0 Å². The van der Waals surface area contributed by atoms with Crippen molar-refractivity contribution in [3.63, 3.8) is 0 Å². The van der Waals surface area contributed by atoms with Crippen molar-refractivity contribution in [1.82, 2.24) is 9.80 Å². The number of rotatable bonds is 4. The van der Waals surface area contributed by atoms with Crippen molar-refractivity contribution in [2.75, 3.05) is 32.8 Å². The predicted molar refractivity (Wildman–Crippen MR) is 106 cm³/mol. The maximum atomic E-state index is 14.0. The van der Waals surface area contributed by atoms with Crippen LogP contribution in [0.25, 0.3) is 0 Å². The first-order valence-electron chi connectivity index (χ1n) is 9.17. The highest BCUT2D eigenvalue weighted by Gasteiger charge is 2.27. The Morgan fingerprint density at radius 1 is 1.04 bits per heavy atom. The summed E-state index contributed by atoms with van der Waals surface area (Å²) in [5.74, 6) is -0.352. The minimum absolute atomic E-state index is 0.00804. The highest BCUT2D eigenvalue weighted by atomic mass is 35.5. The summed E-state index contributed by atoms with van der Waals surface area (Å²) in [6.45, 7) is 5.87. The van der Waals surface area contributed by atoms with E-state index in [2.05, 4.69) is 0 Å². The van der Waals surface area contributed by atoms with E-state index in [0.717, 1.165) is 17.4 Å². The Balaban J connectivity index is 1.64. The second kappa shape index (κ2) is 8.61. The molecule has 0 unspecified atom stereocenters. The Morgan fingerprint density at radius 3 is 2.25 bits per heavy atom. The van der Waals surface area contributed by atoms with Crippen LogP contribution < -0.4 is 4.74 Å². The zero-order valence-corrected chi connectivity index (χ0v) is 16.6. The number of piperazine rings is 1. The van der Waals surface area contributed by atoms with Gasteiger partial charge in [0.15, 0.2) is 0 Å². The number of carbonyl (C=O) groups is 2. The molecule has 0 aromatic heterocycles. The molecule has 1 aliphatic heterocycles. The Bertz CT molecular complexity index is 895. The van der Waals surface area contributed by atoms with Gasteiger partial charge in [-0.3, -0.25) is 9.59 Å². The van der Waals surface area contributed by atoms with Crippen molar-refractivity contribution in [2.24, 2.45) is 0 Å². The molecule has 1 aliphatic rings. The standard InChI is InChI=1S/C21H22ClFN2O3/c1-3-28-19-7-4-15(12-14(19)2)20(26)24-8-10-25(11-9-24)21(27)17-6-5-16(22)13-18(17)23/h4-7,12-13H,3,8-11H2,1-2H3. The number of ether oxygens (including phenoxy) is 1. The molecule has 0 bridgehead atoms. The van der Waals surface area contributed by atoms with Crippen LogP contribution in [0.4, 0.5) is 4.39 Å². The molecule has 2 amide bonds. The normalized spacial score (nSPS) is 14.1. The number of hydrogen-bond acceptors (Lipinski definition) is 3. The van der Waals surface area contributed by atoms with Gasteiger partial charge in [0.2, 0.25) is 0 Å². The summed E-state index contributed by atoms with van der Waals surface area (Å²) < 4.78 is 19.5. The molecule has 148 valence electrons. The first-order chi connectivity index (χ1) is 13.4. The molecular formula is C21H22ClFN2O3. The van der Waals surface area contributed by atoms with Crippen LogP contribution in [0.3, 0.4) is 0 Å². The third-order valence-corrected chi connectivity index (χ3v) is 4.97. The van der Waals surface area contributed by atoms with E-state index >= 15 is 0 Å². The van der Waals surface area contributed by atoms with Crippen LogP contribution in [-0.4, -0.2) is 54.4 Å². The average molecular weight is 405 g/mol. The van der Waals surface area contributed by atoms with E-state index < -0.39 is 11.7 Å². The molecule has 0 spiro atoms. The van der Waals surface area contributed by atoms with Gasteiger partial charge in [-0.25, -0.2) is 4.39 Å². The van der Waals surface area contributed by atoms with Crippen molar-refractivity contribution in [1.29, 1.82) is 0 Å². The van der Waals surface area contributed by atoms with Crippen LogP contribution in [0.1, 0.15) is 33.2 Å². The lowest BCUT2D eigenvalue weighted by Crippen LogP contribution is -2.50. The lowest BCUT2D eigenvalue weighted by atomic mass is 10.1. The largest absolute Gasteiger partial charge is 0.494 e. The number of amides is 2. The van der Waals surface area contributed by atoms with E-state index in [4.69, 9.17) is 16.3 Å². The summed E-state index contributed by atoms with van der Waals surface area (Å²) in [7, 11) is 0. The van der Waals surface area contributed by atoms with Gasteiger partial charge in [0.25, 0.3) is 11.8 Å². The maximum Gasteiger partial charge on any atom is 0.256 e. The minimum atomic E-state index is -0.638. The lowest BCUT2D eigenvalue weighted by molar-refractivity contribution is 0.0532. The number of hydrogen-bond donors (Lipinski definition) is 0. The summed E-state index contributed by atoms with van der Waals surface area (Å²) in [5, 5.41) is 0.245. The van der Waals surface area contributed by atoms with Gasteiger partial charge in [-0.05, 0) is 55.8 Å². The van der Waals surface area contributed by atoms with E-state index in [-0.39, 0.29) is 16.5 Å². The van der Waals surface area contributed by atoms with E-state index in [9.17, 15) is 14.0 Å². The SMILES string of the molecule is CCOc1ccc(C(=O)N2CCN(C(=O)c3ccc(Cl)cc3F)CC2)cc1C. The Hall–Kier alpha value is -2.60. The third kappa shape index (κ3) is 4.28. The van der Waals surface area contributed by atoms with Crippen molar-refractivity contribution >= 4 is 23.4 Å². The average Bonchev–Trinajstić information content (AvgIpc) is 2.69. The maximum absolute atomic E-state index is 14.0. The number of nitrogens with zero attached hydrogens (tertiary/aromatic N) is 2. The molecule has 28 heavy (non-hydrogen) atoms. The molecule has 1 saturated heterocycles. The molecule has 1 heterocycles. The van der Waals surface area contributed by atoms with Gasteiger partial charge >= 0.3 is 0 Å². The predicted octanol–water partition coefficient (Wildman–Crippen LogP) is 3.78. The monoisotopic (exact) mass is 404 g/mol. The van der Waals surface area contributed by atoms with Crippen LogP contribution in [0.2, 0.25) is 5.02 Å². The molecule has 0 saturated carbocycles. The molecule has 5 nitrogen and oxygen atoms in total. The highest BCUT2D eigenvalue weighted by molar-refractivity contribution is 6.30. The van der Waals surface area contributed by atoms with Crippen LogP contribution in [0.5, 0.6) is 5.75 Å². The Morgan fingerprint density at radius 2 is 1.68 bits per heavy atom. The highest BCUT2D eigenvalue weighted by Crippen LogP contribution is 2.21. The number of carbonyl (C=O) groups excluding carboxylic acids is 2. The number of benzene rings is 2. The molecule has 2 aromatic rings. The van der Waals surface area contributed by atoms with E-state index in [1.807, 2.05) is 19.9 Å². The summed E-state index contributed by atoms with van der Waals surface area (Å²) in [5.41, 5.74) is 1.48. The van der Waals surface area contributed by atoms with Gasteiger partial charge < -0.3 is 14.5 Å². The molecule has 0 aliphatic carbocycles. The molecular weight excluding hydrogens is 383 g/mol. The lowest BCUT2D eigenvalue weighted by Gasteiger charge is -2.35. The summed E-state index contributed by atoms with van der Waals surface area (Å²) in [6, 6.07) is 9.37. The van der Waals surface area contributed by atoms with Crippen molar-refractivity contribution in [3.8, 4) is 5.75 Å². The molecule has 7 heteroatoms. The fourth-order valence-electron chi connectivity index (χ4n) is 3.23. The molecule has 0 N–H and O–H groups in total. The molecule has 3 rings (SSSR count). The molecule has 2 aromatic carbocycles. The fraction of sp³-hybridized carbons (Fsp3) is 0.333. The summed E-state index contributed by atoms with van der Waals surface area (Å²) >= 11 is 5.74.